The highest BCUT2D eigenvalue weighted by atomic mass is 19.1. The number of nitrogens with zero attached hydrogens (tertiary/aromatic N) is 4. The van der Waals surface area contributed by atoms with Crippen LogP contribution in [0.3, 0.4) is 0 Å². The molecule has 4 rings (SSSR count). The molecule has 6 nitrogen and oxygen atoms in total. The van der Waals surface area contributed by atoms with E-state index in [2.05, 4.69) is 21.7 Å². The van der Waals surface area contributed by atoms with Crippen LogP contribution in [-0.2, 0) is 0 Å². The third kappa shape index (κ3) is 3.66. The Balaban J connectivity index is 1.50. The lowest BCUT2D eigenvalue weighted by atomic mass is 9.81. The quantitative estimate of drug-likeness (QED) is 0.861. The number of carbonyl (C=O) groups excluding carboxylic acids is 1. The van der Waals surface area contributed by atoms with E-state index < -0.39 is 11.4 Å². The van der Waals surface area contributed by atoms with Gasteiger partial charge in [0, 0.05) is 5.56 Å². The number of nitrogens with one attached hydrogen (secondary N) is 1. The van der Waals surface area contributed by atoms with E-state index in [1.54, 1.807) is 17.1 Å². The second-order valence-electron chi connectivity index (χ2n) is 7.91. The average molecular weight is 369 g/mol. The summed E-state index contributed by atoms with van der Waals surface area (Å²) in [6, 6.07) is 7.78. The first-order valence-electron chi connectivity index (χ1n) is 9.77. The molecule has 1 amide bonds. The fourth-order valence-corrected chi connectivity index (χ4v) is 4.26. The number of hydrogen-bond donors (Lipinski definition) is 1. The number of hydrogen-bond acceptors (Lipinski definition) is 5. The Morgan fingerprint density at radius 1 is 1.33 bits per heavy atom. The van der Waals surface area contributed by atoms with Crippen molar-refractivity contribution in [2.24, 2.45) is 16.3 Å². The molecule has 7 heteroatoms. The van der Waals surface area contributed by atoms with Crippen molar-refractivity contribution in [1.29, 1.82) is 5.26 Å². The van der Waals surface area contributed by atoms with Crippen molar-refractivity contribution in [1.82, 2.24) is 10.3 Å². The van der Waals surface area contributed by atoms with Gasteiger partial charge in [-0.2, -0.15) is 10.4 Å². The molecule has 0 spiro atoms. The molecule has 1 heterocycles. The Kier molecular flexibility index (Phi) is 4.81. The van der Waals surface area contributed by atoms with Gasteiger partial charge < -0.3 is 5.32 Å². The van der Waals surface area contributed by atoms with E-state index in [-0.39, 0.29) is 18.0 Å². The molecule has 1 aromatic rings. The maximum atomic E-state index is 13.5. The van der Waals surface area contributed by atoms with E-state index in [0.29, 0.717) is 18.0 Å². The van der Waals surface area contributed by atoms with E-state index in [0.717, 1.165) is 38.5 Å². The van der Waals surface area contributed by atoms with Gasteiger partial charge in [-0.25, -0.2) is 4.39 Å². The van der Waals surface area contributed by atoms with Crippen molar-refractivity contribution in [3.63, 3.8) is 0 Å². The monoisotopic (exact) mass is 369 g/mol. The summed E-state index contributed by atoms with van der Waals surface area (Å²) in [6.45, 7) is 0.554. The molecule has 2 fully saturated rings. The van der Waals surface area contributed by atoms with Gasteiger partial charge in [-0.05, 0) is 49.8 Å². The van der Waals surface area contributed by atoms with Gasteiger partial charge in [0.25, 0.3) is 5.91 Å². The third-order valence-corrected chi connectivity index (χ3v) is 6.05. The minimum absolute atomic E-state index is 0.149. The maximum Gasteiger partial charge on any atom is 0.251 e. The molecule has 142 valence electrons. The zero-order valence-corrected chi connectivity index (χ0v) is 15.3. The SMILES string of the molecule is N#CC1(N2CC([C@@H](NC(=O)c3cccc(F)c3)C3CCCCC3)N=N2)CC1. The lowest BCUT2D eigenvalue weighted by Crippen LogP contribution is -2.50. The van der Waals surface area contributed by atoms with E-state index in [4.69, 9.17) is 0 Å². The molecule has 0 saturated heterocycles. The first kappa shape index (κ1) is 17.9. The minimum atomic E-state index is -0.498. The fourth-order valence-electron chi connectivity index (χ4n) is 4.26. The van der Waals surface area contributed by atoms with Gasteiger partial charge in [0.15, 0.2) is 0 Å². The lowest BCUT2D eigenvalue weighted by molar-refractivity contribution is 0.0897. The number of amides is 1. The van der Waals surface area contributed by atoms with Crippen LogP contribution < -0.4 is 5.32 Å². The van der Waals surface area contributed by atoms with Crippen LogP contribution in [0.25, 0.3) is 0 Å². The predicted octanol–water partition coefficient (Wildman–Crippen LogP) is 3.61. The van der Waals surface area contributed by atoms with Gasteiger partial charge in [0.1, 0.15) is 17.4 Å². The molecule has 1 aromatic carbocycles. The van der Waals surface area contributed by atoms with Crippen molar-refractivity contribution in [3.8, 4) is 6.07 Å². The molecule has 1 aliphatic heterocycles. The van der Waals surface area contributed by atoms with Crippen LogP contribution in [0.15, 0.2) is 34.6 Å². The highest BCUT2D eigenvalue weighted by Crippen LogP contribution is 2.43. The van der Waals surface area contributed by atoms with Crippen LogP contribution in [0.4, 0.5) is 4.39 Å². The summed E-state index contributed by atoms with van der Waals surface area (Å²) in [4.78, 5) is 12.7. The summed E-state index contributed by atoms with van der Waals surface area (Å²) in [5.41, 5.74) is -0.180. The molecule has 2 saturated carbocycles. The smallest absolute Gasteiger partial charge is 0.251 e. The molecule has 2 aliphatic carbocycles. The van der Waals surface area contributed by atoms with Gasteiger partial charge in [0.2, 0.25) is 0 Å². The van der Waals surface area contributed by atoms with Crippen molar-refractivity contribution in [3.05, 3.63) is 35.6 Å². The minimum Gasteiger partial charge on any atom is -0.347 e. The van der Waals surface area contributed by atoms with E-state index in [1.807, 2.05) is 0 Å². The standard InChI is InChI=1S/C20H24FN5O/c21-16-8-4-7-15(11-16)19(27)23-18(14-5-2-1-3-6-14)17-12-26(25-24-17)20(13-22)9-10-20/h4,7-8,11,14,17-18H,1-3,5-6,9-10,12H2,(H,23,27)/t17?,18-/m0/s1. The zero-order chi connectivity index (χ0) is 18.9. The van der Waals surface area contributed by atoms with Crippen LogP contribution in [0.2, 0.25) is 0 Å². The first-order chi connectivity index (χ1) is 13.1. The molecular weight excluding hydrogens is 345 g/mol. The van der Waals surface area contributed by atoms with E-state index in [1.165, 1.54) is 18.6 Å². The summed E-state index contributed by atoms with van der Waals surface area (Å²) in [7, 11) is 0. The number of rotatable bonds is 5. The van der Waals surface area contributed by atoms with Crippen LogP contribution in [0.5, 0.6) is 0 Å². The van der Waals surface area contributed by atoms with Gasteiger partial charge in [-0.3, -0.25) is 9.80 Å². The molecule has 3 aliphatic rings. The van der Waals surface area contributed by atoms with Crippen molar-refractivity contribution in [2.45, 2.75) is 62.6 Å². The molecule has 0 aromatic heterocycles. The Morgan fingerprint density at radius 3 is 2.78 bits per heavy atom. The molecule has 1 N–H and O–H groups in total. The van der Waals surface area contributed by atoms with Gasteiger partial charge in [-0.1, -0.05) is 30.6 Å². The van der Waals surface area contributed by atoms with Crippen LogP contribution in [0.1, 0.15) is 55.3 Å². The molecule has 0 bridgehead atoms. The second kappa shape index (κ2) is 7.26. The van der Waals surface area contributed by atoms with E-state index >= 15 is 0 Å². The van der Waals surface area contributed by atoms with Crippen LogP contribution in [-0.4, -0.2) is 35.1 Å². The van der Waals surface area contributed by atoms with Gasteiger partial charge in [0.05, 0.1) is 18.7 Å². The van der Waals surface area contributed by atoms with Crippen LogP contribution in [0, 0.1) is 23.1 Å². The van der Waals surface area contributed by atoms with E-state index in [9.17, 15) is 14.4 Å². The zero-order valence-electron chi connectivity index (χ0n) is 15.3. The Bertz CT molecular complexity index is 779. The van der Waals surface area contributed by atoms with Crippen molar-refractivity contribution >= 4 is 5.91 Å². The highest BCUT2D eigenvalue weighted by Gasteiger charge is 2.52. The Labute approximate surface area is 158 Å². The molecular formula is C20H24FN5O. The van der Waals surface area contributed by atoms with Gasteiger partial charge in [-0.15, -0.1) is 0 Å². The maximum absolute atomic E-state index is 13.5. The normalized spacial score (nSPS) is 25.0. The number of nitriles is 1. The summed E-state index contributed by atoms with van der Waals surface area (Å²) >= 11 is 0. The molecule has 27 heavy (non-hydrogen) atoms. The summed E-state index contributed by atoms with van der Waals surface area (Å²) in [5, 5.41) is 23.0. The number of carbonyl (C=O) groups is 1. The third-order valence-electron chi connectivity index (χ3n) is 6.05. The molecule has 0 radical (unpaired) electrons. The predicted molar refractivity (Wildman–Crippen MR) is 97.2 cm³/mol. The number of benzene rings is 1. The summed E-state index contributed by atoms with van der Waals surface area (Å²) in [5.74, 6) is -0.370. The highest BCUT2D eigenvalue weighted by molar-refractivity contribution is 5.94. The lowest BCUT2D eigenvalue weighted by Gasteiger charge is -2.33. The van der Waals surface area contributed by atoms with Gasteiger partial charge >= 0.3 is 0 Å². The molecule has 1 unspecified atom stereocenters. The van der Waals surface area contributed by atoms with Crippen molar-refractivity contribution < 1.29 is 9.18 Å². The largest absolute Gasteiger partial charge is 0.347 e. The second-order valence-corrected chi connectivity index (χ2v) is 7.91. The fraction of sp³-hybridized carbons (Fsp3) is 0.600. The Morgan fingerprint density at radius 2 is 2.11 bits per heavy atom. The van der Waals surface area contributed by atoms with Crippen molar-refractivity contribution in [2.75, 3.05) is 6.54 Å². The number of halogens is 1. The topological polar surface area (TPSA) is 80.9 Å². The summed E-state index contributed by atoms with van der Waals surface area (Å²) < 4.78 is 13.5. The Hall–Kier alpha value is -2.49. The molecule has 2 atom stereocenters. The summed E-state index contributed by atoms with van der Waals surface area (Å²) in [6.07, 6.45) is 7.24. The average Bonchev–Trinajstić information content (AvgIpc) is 3.35. The first-order valence-corrected chi connectivity index (χ1v) is 9.77. The van der Waals surface area contributed by atoms with Crippen LogP contribution >= 0.6 is 0 Å².